The highest BCUT2D eigenvalue weighted by Crippen LogP contribution is 2.66. The molecule has 3 saturated heterocycles. The normalized spacial score (nSPS) is 20.5. The molecule has 7 fully saturated rings. The van der Waals surface area contributed by atoms with Crippen molar-refractivity contribution in [2.24, 2.45) is 51.8 Å². The van der Waals surface area contributed by atoms with Crippen LogP contribution in [0.25, 0.3) is 0 Å². The van der Waals surface area contributed by atoms with E-state index in [2.05, 4.69) is 143 Å². The third-order valence-corrected chi connectivity index (χ3v) is 25.9. The van der Waals surface area contributed by atoms with Crippen LogP contribution in [0.1, 0.15) is 301 Å². The fourth-order valence-electron chi connectivity index (χ4n) is 16.8. The van der Waals surface area contributed by atoms with Crippen molar-refractivity contribution in [3.8, 4) is 11.9 Å². The molecule has 4 bridgehead atoms. The van der Waals surface area contributed by atoms with Gasteiger partial charge in [0.15, 0.2) is 0 Å². The van der Waals surface area contributed by atoms with E-state index in [0.29, 0.717) is 86.4 Å². The lowest BCUT2D eigenvalue weighted by atomic mass is 9.43. The number of nitriles is 1. The maximum Gasteiger partial charge on any atom is 0.232 e. The zero-order valence-corrected chi connectivity index (χ0v) is 81.1. The summed E-state index contributed by atoms with van der Waals surface area (Å²) in [6.07, 6.45) is 17.5. The van der Waals surface area contributed by atoms with Crippen molar-refractivity contribution in [2.45, 2.75) is 304 Å². The highest BCUT2D eigenvalue weighted by molar-refractivity contribution is 6.36. The smallest absolute Gasteiger partial charge is 0.232 e. The Morgan fingerprint density at radius 1 is 0.561 bits per heavy atom. The number of aromatic nitrogens is 1. The van der Waals surface area contributed by atoms with E-state index in [4.69, 9.17) is 114 Å². The van der Waals surface area contributed by atoms with Crippen molar-refractivity contribution in [1.29, 1.82) is 5.26 Å². The van der Waals surface area contributed by atoms with Crippen molar-refractivity contribution in [3.05, 3.63) is 193 Å². The summed E-state index contributed by atoms with van der Waals surface area (Å²) in [5, 5.41) is 14.7. The Hall–Kier alpha value is -3.11. The van der Waals surface area contributed by atoms with Crippen LogP contribution in [0.5, 0.6) is 5.88 Å². The molecule has 13 rings (SSSR count). The molecule has 4 saturated carbocycles. The van der Waals surface area contributed by atoms with E-state index in [1.165, 1.54) is 36.8 Å². The van der Waals surface area contributed by atoms with Crippen molar-refractivity contribution in [2.75, 3.05) is 39.3 Å². The second kappa shape index (κ2) is 46.2. The topological polar surface area (TPSA) is 55.6 Å². The van der Waals surface area contributed by atoms with Crippen molar-refractivity contribution >= 4 is 104 Å². The molecular formula is C97H142Cl9F2N5O. The van der Waals surface area contributed by atoms with E-state index in [1.54, 1.807) is 62.8 Å². The van der Waals surface area contributed by atoms with Crippen molar-refractivity contribution in [1.82, 2.24) is 19.7 Å². The van der Waals surface area contributed by atoms with Gasteiger partial charge in [-0.2, -0.15) is 5.26 Å². The van der Waals surface area contributed by atoms with Crippen LogP contribution in [0, 0.1) is 75.8 Å². The third kappa shape index (κ3) is 32.7. The lowest BCUT2D eigenvalue weighted by Gasteiger charge is -2.62. The molecule has 0 N–H and O–H groups in total. The average Bonchev–Trinajstić information content (AvgIpc) is 0.729. The molecule has 4 heterocycles. The number of hydrogen-bond acceptors (Lipinski definition) is 6. The molecule has 1 aromatic heterocycles. The molecule has 7 aliphatic rings. The van der Waals surface area contributed by atoms with Gasteiger partial charge in [-0.1, -0.05) is 275 Å². The van der Waals surface area contributed by atoms with Gasteiger partial charge in [0.25, 0.3) is 0 Å². The van der Waals surface area contributed by atoms with Crippen LogP contribution in [-0.4, -0.2) is 70.7 Å². The summed E-state index contributed by atoms with van der Waals surface area (Å²) in [4.78, 5) is 11.3. The quantitative estimate of drug-likeness (QED) is 0.144. The first kappa shape index (κ1) is 103. The molecule has 2 atom stereocenters. The van der Waals surface area contributed by atoms with Gasteiger partial charge < -0.3 is 4.74 Å². The van der Waals surface area contributed by atoms with Gasteiger partial charge in [-0.25, -0.2) is 13.8 Å². The Morgan fingerprint density at radius 3 is 1.49 bits per heavy atom. The first-order chi connectivity index (χ1) is 52.9. The minimum atomic E-state index is -1.07. The van der Waals surface area contributed by atoms with Crippen LogP contribution < -0.4 is 4.74 Å². The van der Waals surface area contributed by atoms with Crippen molar-refractivity contribution < 1.29 is 13.5 Å². The molecule has 3 aliphatic heterocycles. The number of piperidine rings is 3. The SMILES string of the molecule is CC.CC.CC(C)(C)C12CC3CC(CC(C3)C1)C2.CC(C)(C)c1cc(Cl)cc(Cl)c1.CC(C)(C)c1ccc(Cl)cc1C#N.CC(C)Oc1ncc(C(C)(C)C)cc1Cl.C[C@@H](c1cc(Cl)cc(Cl)c1)N1CCC(C(C)(C)C)CC1.C[C@@H]1CCCN(Cc2c(Cl)cccc2Cl)C1.Cc1cc(Cl)c(F)c(CN2CCC(F)(C(C)C)CC2)c1. The molecule has 4 aliphatic carbocycles. The summed E-state index contributed by atoms with van der Waals surface area (Å²) in [5.41, 5.74) is 8.65. The van der Waals surface area contributed by atoms with Gasteiger partial charge >= 0.3 is 0 Å². The summed E-state index contributed by atoms with van der Waals surface area (Å²) in [6.45, 7) is 63.1. The molecule has 6 aromatic rings. The fourth-order valence-corrected chi connectivity index (χ4v) is 19.0. The molecule has 0 unspecified atom stereocenters. The molecule has 17 heteroatoms. The van der Waals surface area contributed by atoms with Crippen LogP contribution in [0.3, 0.4) is 0 Å². The lowest BCUT2D eigenvalue weighted by Crippen LogP contribution is -2.51. The van der Waals surface area contributed by atoms with Crippen LogP contribution in [0.15, 0.2) is 97.2 Å². The zero-order chi connectivity index (χ0) is 86.4. The van der Waals surface area contributed by atoms with Gasteiger partial charge in [0.2, 0.25) is 5.88 Å². The summed E-state index contributed by atoms with van der Waals surface area (Å²) >= 11 is 54.1. The Labute approximate surface area is 736 Å². The van der Waals surface area contributed by atoms with Crippen molar-refractivity contribution in [3.63, 3.8) is 0 Å². The first-order valence-corrected chi connectivity index (χ1v) is 45.5. The number of hydrogen-bond donors (Lipinski definition) is 0. The molecule has 0 spiro atoms. The molecule has 5 aromatic carbocycles. The standard InChI is InChI=1S/C17H25Cl2N.C16H22ClF2N.C14H24.C13H17Cl2N.C12H18ClNO.C11H12ClN.C10H12Cl2.2C2H6/c1-12(13-9-15(18)11-16(19)10-13)20-7-5-14(6-8-20)17(2,3)4;1-11(2)16(19)4-6-20(7-5-16)10-13-8-12(3)9-14(17)15(13)18;1-13(2,3)14-7-10-4-11(8-14)6-12(5-10)9-14;1-10-4-3-7-16(8-10)9-11-12(14)5-2-6-13(11)15;1-8(2)15-11-10(13)6-9(7-14-11)12(3,4)5;1-11(2,3)10-5-4-9(12)6-8(10)7-13;1-10(2,3)7-4-8(11)6-9(12)5-7;2*1-2/h9-12,14H,5-8H2,1-4H3;8-9,11H,4-7,10H2,1-3H3;10-12H,4-9H2,1-3H3;2,5-6,10H,3-4,7-9H2,1H3;6-8H,1-5H3;4-6H,1-3H3;4-6H,1-3H3;2*1-2H3/t12-;;;10-;;;;;/m0..1...../s1. The molecule has 6 nitrogen and oxygen atoms in total. The number of halogens is 11. The predicted octanol–water partition coefficient (Wildman–Crippen LogP) is 32.7. The van der Waals surface area contributed by atoms with E-state index < -0.39 is 5.67 Å². The Morgan fingerprint density at radius 2 is 1.06 bits per heavy atom. The number of benzene rings is 5. The summed E-state index contributed by atoms with van der Waals surface area (Å²) in [5.74, 6) is 5.15. The van der Waals surface area contributed by atoms with E-state index in [1.807, 2.05) is 135 Å². The fraction of sp³-hybridized carbons (Fsp3) is 0.629. The number of pyridine rings is 1. The molecule has 0 amide bonds. The largest absolute Gasteiger partial charge is 0.474 e. The molecule has 114 heavy (non-hydrogen) atoms. The van der Waals surface area contributed by atoms with Gasteiger partial charge in [-0.05, 0) is 293 Å². The maximum absolute atomic E-state index is 14.5. The van der Waals surface area contributed by atoms with Crippen LogP contribution >= 0.6 is 104 Å². The molecule has 0 radical (unpaired) electrons. The van der Waals surface area contributed by atoms with Gasteiger partial charge in [-0.3, -0.25) is 14.7 Å². The number of likely N-dealkylation sites (tertiary alicyclic amines) is 3. The predicted molar refractivity (Wildman–Crippen MR) is 495 cm³/mol. The number of alkyl halides is 1. The maximum atomic E-state index is 14.5. The first-order valence-electron chi connectivity index (χ1n) is 42.1. The van der Waals surface area contributed by atoms with Gasteiger partial charge in [0.05, 0.1) is 22.8 Å². The van der Waals surface area contributed by atoms with E-state index in [0.717, 1.165) is 110 Å². The van der Waals surface area contributed by atoms with Gasteiger partial charge in [0, 0.05) is 91.2 Å². The van der Waals surface area contributed by atoms with E-state index in [9.17, 15) is 8.78 Å². The zero-order valence-electron chi connectivity index (χ0n) is 74.3. The molecule has 638 valence electrons. The Balaban J connectivity index is 0.000000280. The number of rotatable bonds is 9. The van der Waals surface area contributed by atoms with E-state index in [-0.39, 0.29) is 39.1 Å². The highest BCUT2D eigenvalue weighted by Gasteiger charge is 2.55. The van der Waals surface area contributed by atoms with Gasteiger partial charge in [0.1, 0.15) is 16.5 Å². The second-order valence-corrected chi connectivity index (χ2v) is 42.1. The number of ether oxygens (including phenoxy) is 1. The highest BCUT2D eigenvalue weighted by atomic mass is 35.5. The monoisotopic (exact) mass is 1750 g/mol. The lowest BCUT2D eigenvalue weighted by molar-refractivity contribution is -0.113. The summed E-state index contributed by atoms with van der Waals surface area (Å²) in [6, 6.07) is 30.6. The average molecular weight is 1750 g/mol. The Bertz CT molecular complexity index is 3860. The Kier molecular flexibility index (Phi) is 41.9. The summed E-state index contributed by atoms with van der Waals surface area (Å²) in [7, 11) is 0. The minimum absolute atomic E-state index is 0.00431. The second-order valence-electron chi connectivity index (χ2n) is 38.3. The number of aryl methyl sites for hydroxylation is 1. The van der Waals surface area contributed by atoms with Crippen LogP contribution in [0.4, 0.5) is 8.78 Å². The van der Waals surface area contributed by atoms with Gasteiger partial charge in [-0.15, -0.1) is 0 Å². The van der Waals surface area contributed by atoms with Crippen LogP contribution in [-0.2, 0) is 29.3 Å². The molecular weight excluding hydrogens is 1610 g/mol. The van der Waals surface area contributed by atoms with Crippen LogP contribution in [0.2, 0.25) is 45.2 Å². The summed E-state index contributed by atoms with van der Waals surface area (Å²) < 4.78 is 33.9. The minimum Gasteiger partial charge on any atom is -0.474 e. The number of nitrogens with zero attached hydrogens (tertiary/aromatic N) is 5. The third-order valence-electron chi connectivity index (χ3n) is 23.5. The van der Waals surface area contributed by atoms with E-state index >= 15 is 0 Å².